The molecule has 1 aromatic rings. The third kappa shape index (κ3) is 4.57. The zero-order valence-electron chi connectivity index (χ0n) is 11.8. The summed E-state index contributed by atoms with van der Waals surface area (Å²) in [7, 11) is -1.43. The van der Waals surface area contributed by atoms with Crippen molar-refractivity contribution in [2.45, 2.75) is 17.9 Å². The SMILES string of the molecule is COCC(C)OC(=O)c1cc(Cl)cc(S(N)(=O)=O)c1OC. The first-order valence-corrected chi connectivity index (χ1v) is 7.73. The summed E-state index contributed by atoms with van der Waals surface area (Å²) in [6.07, 6.45) is -0.524. The Hall–Kier alpha value is -1.35. The topological polar surface area (TPSA) is 105 Å². The van der Waals surface area contributed by atoms with Gasteiger partial charge in [0, 0.05) is 12.1 Å². The second-order valence-electron chi connectivity index (χ2n) is 4.20. The highest BCUT2D eigenvalue weighted by Gasteiger charge is 2.25. The number of sulfonamides is 1. The summed E-state index contributed by atoms with van der Waals surface area (Å²) >= 11 is 5.82. The molecule has 0 amide bonds. The van der Waals surface area contributed by atoms with Crippen LogP contribution in [0.4, 0.5) is 0 Å². The summed E-state index contributed by atoms with van der Waals surface area (Å²) in [6, 6.07) is 2.35. The molecule has 0 aliphatic heterocycles. The van der Waals surface area contributed by atoms with Crippen molar-refractivity contribution >= 4 is 27.6 Å². The van der Waals surface area contributed by atoms with Crippen molar-refractivity contribution in [1.82, 2.24) is 0 Å². The van der Waals surface area contributed by atoms with Gasteiger partial charge in [-0.25, -0.2) is 18.4 Å². The molecule has 0 radical (unpaired) electrons. The molecule has 0 spiro atoms. The number of benzene rings is 1. The van der Waals surface area contributed by atoms with Gasteiger partial charge in [0.25, 0.3) is 0 Å². The van der Waals surface area contributed by atoms with Crippen LogP contribution in [0.2, 0.25) is 5.02 Å². The van der Waals surface area contributed by atoms with Crippen molar-refractivity contribution in [2.75, 3.05) is 20.8 Å². The van der Waals surface area contributed by atoms with E-state index in [2.05, 4.69) is 0 Å². The summed E-state index contributed by atoms with van der Waals surface area (Å²) in [6.45, 7) is 1.82. The van der Waals surface area contributed by atoms with Gasteiger partial charge in [0.15, 0.2) is 5.75 Å². The van der Waals surface area contributed by atoms with Gasteiger partial charge in [-0.3, -0.25) is 0 Å². The second-order valence-corrected chi connectivity index (χ2v) is 6.17. The molecule has 1 rings (SSSR count). The van der Waals surface area contributed by atoms with Gasteiger partial charge in [-0.15, -0.1) is 0 Å². The molecular formula is C12H16ClNO6S. The number of ether oxygens (including phenoxy) is 3. The number of esters is 1. The lowest BCUT2D eigenvalue weighted by Crippen LogP contribution is -2.21. The second kappa shape index (κ2) is 7.08. The lowest BCUT2D eigenvalue weighted by molar-refractivity contribution is 0.0117. The predicted octanol–water partition coefficient (Wildman–Crippen LogP) is 1.19. The molecule has 1 unspecified atom stereocenters. The minimum atomic E-state index is -4.10. The number of primary sulfonamides is 1. The molecule has 1 aromatic carbocycles. The van der Waals surface area contributed by atoms with Gasteiger partial charge in [0.1, 0.15) is 16.6 Å². The number of nitrogens with two attached hydrogens (primary N) is 1. The van der Waals surface area contributed by atoms with Gasteiger partial charge in [-0.05, 0) is 19.1 Å². The zero-order chi connectivity index (χ0) is 16.2. The first kappa shape index (κ1) is 17.7. The fraction of sp³-hybridized carbons (Fsp3) is 0.417. The molecule has 0 heterocycles. The van der Waals surface area contributed by atoms with Crippen LogP contribution < -0.4 is 9.88 Å². The zero-order valence-corrected chi connectivity index (χ0v) is 13.3. The quantitative estimate of drug-likeness (QED) is 0.782. The molecule has 9 heteroatoms. The van der Waals surface area contributed by atoms with E-state index in [4.69, 9.17) is 31.0 Å². The van der Waals surface area contributed by atoms with E-state index in [1.54, 1.807) is 6.92 Å². The number of carbonyl (C=O) groups excluding carboxylic acids is 1. The highest BCUT2D eigenvalue weighted by Crippen LogP contribution is 2.31. The molecule has 21 heavy (non-hydrogen) atoms. The van der Waals surface area contributed by atoms with Gasteiger partial charge in [0.2, 0.25) is 10.0 Å². The Morgan fingerprint density at radius 3 is 2.48 bits per heavy atom. The molecule has 1 atom stereocenters. The molecule has 0 saturated heterocycles. The van der Waals surface area contributed by atoms with Crippen LogP contribution in [0.3, 0.4) is 0 Å². The third-order valence-corrected chi connectivity index (χ3v) is 3.59. The molecule has 2 N–H and O–H groups in total. The molecule has 0 aliphatic rings. The monoisotopic (exact) mass is 337 g/mol. The molecular weight excluding hydrogens is 322 g/mol. The summed E-state index contributed by atoms with van der Waals surface area (Å²) in [4.78, 5) is 11.7. The third-order valence-electron chi connectivity index (χ3n) is 2.46. The molecule has 0 bridgehead atoms. The van der Waals surface area contributed by atoms with Crippen molar-refractivity contribution in [3.63, 3.8) is 0 Å². The van der Waals surface area contributed by atoms with Crippen molar-refractivity contribution in [2.24, 2.45) is 5.14 Å². The molecule has 0 aromatic heterocycles. The van der Waals surface area contributed by atoms with Crippen LogP contribution in [0.1, 0.15) is 17.3 Å². The maximum absolute atomic E-state index is 12.1. The maximum Gasteiger partial charge on any atom is 0.342 e. The summed E-state index contributed by atoms with van der Waals surface area (Å²) in [5.41, 5.74) is -0.128. The van der Waals surface area contributed by atoms with Gasteiger partial charge in [-0.1, -0.05) is 11.6 Å². The fourth-order valence-electron chi connectivity index (χ4n) is 1.66. The number of methoxy groups -OCH3 is 2. The average Bonchev–Trinajstić information content (AvgIpc) is 2.36. The lowest BCUT2D eigenvalue weighted by atomic mass is 10.2. The van der Waals surface area contributed by atoms with Crippen LogP contribution in [-0.4, -0.2) is 41.3 Å². The smallest absolute Gasteiger partial charge is 0.342 e. The Morgan fingerprint density at radius 1 is 1.38 bits per heavy atom. The van der Waals surface area contributed by atoms with Crippen LogP contribution in [0.5, 0.6) is 5.75 Å². The Morgan fingerprint density at radius 2 is 2.00 bits per heavy atom. The van der Waals surface area contributed by atoms with E-state index in [1.807, 2.05) is 0 Å². The van der Waals surface area contributed by atoms with Crippen LogP contribution >= 0.6 is 11.6 Å². The largest absolute Gasteiger partial charge is 0.494 e. The lowest BCUT2D eigenvalue weighted by Gasteiger charge is -2.15. The molecule has 0 saturated carbocycles. The van der Waals surface area contributed by atoms with Crippen LogP contribution in [0, 0.1) is 0 Å². The van der Waals surface area contributed by atoms with Gasteiger partial charge >= 0.3 is 5.97 Å². The number of rotatable bonds is 6. The highest BCUT2D eigenvalue weighted by atomic mass is 35.5. The standard InChI is InChI=1S/C12H16ClNO6S/c1-7(6-18-2)20-12(15)9-4-8(13)5-10(11(9)19-3)21(14,16)17/h4-5,7H,6H2,1-3H3,(H2,14,16,17). The van der Waals surface area contributed by atoms with E-state index in [0.29, 0.717) is 0 Å². The van der Waals surface area contributed by atoms with Gasteiger partial charge in [-0.2, -0.15) is 0 Å². The first-order chi connectivity index (χ1) is 9.70. The predicted molar refractivity (Wildman–Crippen MR) is 76.1 cm³/mol. The number of hydrogen-bond acceptors (Lipinski definition) is 6. The molecule has 0 fully saturated rings. The molecule has 118 valence electrons. The molecule has 0 aliphatic carbocycles. The number of carbonyl (C=O) groups is 1. The minimum Gasteiger partial charge on any atom is -0.494 e. The molecule has 7 nitrogen and oxygen atoms in total. The number of hydrogen-bond donors (Lipinski definition) is 1. The van der Waals surface area contributed by atoms with Gasteiger partial charge in [0.05, 0.1) is 13.7 Å². The van der Waals surface area contributed by atoms with Crippen molar-refractivity contribution < 1.29 is 27.4 Å². The van der Waals surface area contributed by atoms with E-state index < -0.39 is 22.1 Å². The van der Waals surface area contributed by atoms with Crippen molar-refractivity contribution in [3.05, 3.63) is 22.7 Å². The van der Waals surface area contributed by atoms with E-state index in [0.717, 1.165) is 6.07 Å². The Labute approximate surface area is 128 Å². The summed E-state index contributed by atoms with van der Waals surface area (Å²) < 4.78 is 38.0. The highest BCUT2D eigenvalue weighted by molar-refractivity contribution is 7.89. The van der Waals surface area contributed by atoms with E-state index in [1.165, 1.54) is 20.3 Å². The maximum atomic E-state index is 12.1. The van der Waals surface area contributed by atoms with Crippen molar-refractivity contribution in [1.29, 1.82) is 0 Å². The Balaban J connectivity index is 3.30. The Bertz CT molecular complexity index is 631. The van der Waals surface area contributed by atoms with E-state index >= 15 is 0 Å². The summed E-state index contributed by atoms with van der Waals surface area (Å²) in [5.74, 6) is -1.000. The van der Waals surface area contributed by atoms with E-state index in [-0.39, 0.29) is 27.8 Å². The van der Waals surface area contributed by atoms with Crippen LogP contribution in [-0.2, 0) is 19.5 Å². The fourth-order valence-corrected chi connectivity index (χ4v) is 2.68. The first-order valence-electron chi connectivity index (χ1n) is 5.81. The van der Waals surface area contributed by atoms with Crippen LogP contribution in [0.25, 0.3) is 0 Å². The van der Waals surface area contributed by atoms with Crippen molar-refractivity contribution in [3.8, 4) is 5.75 Å². The van der Waals surface area contributed by atoms with E-state index in [9.17, 15) is 13.2 Å². The van der Waals surface area contributed by atoms with Crippen LogP contribution in [0.15, 0.2) is 17.0 Å². The number of halogens is 1. The summed E-state index contributed by atoms with van der Waals surface area (Å²) in [5, 5.41) is 5.10. The van der Waals surface area contributed by atoms with Gasteiger partial charge < -0.3 is 14.2 Å². The minimum absolute atomic E-state index is 0.0196. The average molecular weight is 338 g/mol. The normalized spacial score (nSPS) is 12.8. The Kier molecular flexibility index (Phi) is 5.97.